The lowest BCUT2D eigenvalue weighted by molar-refractivity contribution is -0.120. The summed E-state index contributed by atoms with van der Waals surface area (Å²) in [4.78, 5) is 28.2. The molecule has 27 heavy (non-hydrogen) atoms. The number of ether oxygens (including phenoxy) is 1. The van der Waals surface area contributed by atoms with Crippen LogP contribution in [0.4, 0.5) is 11.4 Å². The molecule has 0 spiro atoms. The zero-order valence-electron chi connectivity index (χ0n) is 14.5. The third-order valence-electron chi connectivity index (χ3n) is 4.23. The topological polar surface area (TPSA) is 58.6 Å². The summed E-state index contributed by atoms with van der Waals surface area (Å²) in [5.74, 6) is -0.0598. The molecule has 0 fully saturated rings. The first-order chi connectivity index (χ1) is 13.2. The van der Waals surface area contributed by atoms with E-state index in [4.69, 9.17) is 4.74 Å². The van der Waals surface area contributed by atoms with Crippen molar-refractivity contribution in [1.29, 1.82) is 0 Å². The Labute approximate surface area is 160 Å². The van der Waals surface area contributed by atoms with Crippen molar-refractivity contribution in [2.45, 2.75) is 0 Å². The van der Waals surface area contributed by atoms with Crippen LogP contribution in [0.5, 0.6) is 5.75 Å². The molecule has 0 saturated heterocycles. The van der Waals surface area contributed by atoms with Crippen molar-refractivity contribution in [3.8, 4) is 5.75 Å². The molecular formula is C21H16N2O3S. The zero-order chi connectivity index (χ0) is 18.8. The fourth-order valence-corrected chi connectivity index (χ4v) is 3.69. The Bertz CT molecular complexity index is 1010. The molecule has 1 N–H and O–H groups in total. The number of anilines is 2. The van der Waals surface area contributed by atoms with Gasteiger partial charge in [-0.15, -0.1) is 11.3 Å². The number of hydrogen-bond acceptors (Lipinski definition) is 5. The Kier molecular flexibility index (Phi) is 4.48. The van der Waals surface area contributed by atoms with Crippen molar-refractivity contribution in [3.63, 3.8) is 0 Å². The van der Waals surface area contributed by atoms with Crippen molar-refractivity contribution in [2.24, 2.45) is 0 Å². The van der Waals surface area contributed by atoms with Gasteiger partial charge in [0.15, 0.2) is 0 Å². The van der Waals surface area contributed by atoms with E-state index >= 15 is 0 Å². The lowest BCUT2D eigenvalue weighted by Gasteiger charge is -2.15. The highest BCUT2D eigenvalue weighted by atomic mass is 32.1. The number of thiophene rings is 1. The molecule has 0 saturated carbocycles. The first-order valence-electron chi connectivity index (χ1n) is 8.32. The second-order valence-corrected chi connectivity index (χ2v) is 6.81. The van der Waals surface area contributed by atoms with Crippen molar-refractivity contribution in [3.05, 3.63) is 82.7 Å². The van der Waals surface area contributed by atoms with Gasteiger partial charge >= 0.3 is 0 Å². The lowest BCUT2D eigenvalue weighted by atomic mass is 10.2. The second kappa shape index (κ2) is 7.09. The van der Waals surface area contributed by atoms with Gasteiger partial charge in [-0.05, 0) is 47.8 Å². The fourth-order valence-electron chi connectivity index (χ4n) is 2.93. The van der Waals surface area contributed by atoms with Gasteiger partial charge in [-0.2, -0.15) is 0 Å². The number of carbonyl (C=O) groups excluding carboxylic acids is 2. The van der Waals surface area contributed by atoms with E-state index in [0.29, 0.717) is 17.0 Å². The van der Waals surface area contributed by atoms with Gasteiger partial charge in [-0.1, -0.05) is 24.3 Å². The number of nitrogens with zero attached hydrogens (tertiary/aromatic N) is 1. The summed E-state index contributed by atoms with van der Waals surface area (Å²) in [6.45, 7) is 0. The minimum Gasteiger partial charge on any atom is -0.497 e. The highest BCUT2D eigenvalue weighted by molar-refractivity contribution is 7.11. The molecule has 1 aliphatic rings. The van der Waals surface area contributed by atoms with Crippen molar-refractivity contribution in [2.75, 3.05) is 17.3 Å². The molecule has 0 aliphatic carbocycles. The summed E-state index contributed by atoms with van der Waals surface area (Å²) < 4.78 is 5.16. The molecule has 2 amide bonds. The van der Waals surface area contributed by atoms with Gasteiger partial charge in [-0.25, -0.2) is 4.90 Å². The Morgan fingerprint density at radius 2 is 1.63 bits per heavy atom. The maximum atomic E-state index is 13.2. The molecule has 0 atom stereocenters. The van der Waals surface area contributed by atoms with Crippen LogP contribution in [0.1, 0.15) is 4.88 Å². The Morgan fingerprint density at radius 3 is 2.26 bits per heavy atom. The highest BCUT2D eigenvalue weighted by Gasteiger charge is 2.40. The number of carbonyl (C=O) groups is 2. The molecule has 1 aliphatic heterocycles. The molecule has 1 aromatic heterocycles. The average molecular weight is 376 g/mol. The number of para-hydroxylation sites is 1. The predicted octanol–water partition coefficient (Wildman–Crippen LogP) is 4.15. The standard InChI is InChI=1S/C21H16N2O3S/c1-26-16-11-9-15(10-12-16)23-20(24)18(17-8-5-13-27-17)19(21(23)25)22-14-6-3-2-4-7-14/h2-13,22H,1H3. The van der Waals surface area contributed by atoms with E-state index < -0.39 is 0 Å². The van der Waals surface area contributed by atoms with E-state index in [1.807, 2.05) is 47.8 Å². The Hall–Kier alpha value is -3.38. The van der Waals surface area contributed by atoms with Crippen LogP contribution in [0.25, 0.3) is 5.57 Å². The number of methoxy groups -OCH3 is 1. The maximum Gasteiger partial charge on any atom is 0.282 e. The van der Waals surface area contributed by atoms with E-state index in [-0.39, 0.29) is 17.5 Å². The van der Waals surface area contributed by atoms with Crippen molar-refractivity contribution in [1.82, 2.24) is 0 Å². The summed E-state index contributed by atoms with van der Waals surface area (Å²) in [7, 11) is 1.57. The molecule has 2 heterocycles. The van der Waals surface area contributed by atoms with E-state index in [2.05, 4.69) is 5.32 Å². The Morgan fingerprint density at radius 1 is 0.889 bits per heavy atom. The largest absolute Gasteiger partial charge is 0.497 e. The van der Waals surface area contributed by atoms with Gasteiger partial charge < -0.3 is 10.1 Å². The van der Waals surface area contributed by atoms with Crippen LogP contribution in [0.15, 0.2) is 77.8 Å². The number of benzene rings is 2. The molecule has 134 valence electrons. The molecule has 4 rings (SSSR count). The van der Waals surface area contributed by atoms with Crippen LogP contribution < -0.4 is 15.0 Å². The van der Waals surface area contributed by atoms with Gasteiger partial charge in [0.2, 0.25) is 0 Å². The molecule has 0 unspecified atom stereocenters. The number of rotatable bonds is 5. The quantitative estimate of drug-likeness (QED) is 0.680. The minimum absolute atomic E-state index is 0.282. The Balaban J connectivity index is 1.76. The minimum atomic E-state index is -0.377. The smallest absolute Gasteiger partial charge is 0.282 e. The van der Waals surface area contributed by atoms with Crippen molar-refractivity contribution >= 4 is 40.1 Å². The van der Waals surface area contributed by atoms with Gasteiger partial charge in [0.05, 0.1) is 18.4 Å². The summed E-state index contributed by atoms with van der Waals surface area (Å²) in [6, 6.07) is 19.9. The van der Waals surface area contributed by atoms with E-state index in [1.54, 1.807) is 31.4 Å². The average Bonchev–Trinajstić information content (AvgIpc) is 3.30. The van der Waals surface area contributed by atoms with Gasteiger partial charge in [0, 0.05) is 10.6 Å². The molecule has 0 bridgehead atoms. The van der Waals surface area contributed by atoms with Crippen LogP contribution in [0, 0.1) is 0 Å². The fraction of sp³-hybridized carbons (Fsp3) is 0.0476. The summed E-state index contributed by atoms with van der Waals surface area (Å²) in [5.41, 5.74) is 1.92. The second-order valence-electron chi connectivity index (χ2n) is 5.86. The number of amides is 2. The summed E-state index contributed by atoms with van der Waals surface area (Å²) in [6.07, 6.45) is 0. The van der Waals surface area contributed by atoms with Crippen LogP contribution >= 0.6 is 11.3 Å². The number of imide groups is 1. The van der Waals surface area contributed by atoms with Crippen molar-refractivity contribution < 1.29 is 14.3 Å². The molecule has 5 nitrogen and oxygen atoms in total. The monoisotopic (exact) mass is 376 g/mol. The van der Waals surface area contributed by atoms with Crippen LogP contribution in [-0.2, 0) is 9.59 Å². The molecular weight excluding hydrogens is 360 g/mol. The molecule has 3 aromatic rings. The molecule has 0 radical (unpaired) electrons. The highest BCUT2D eigenvalue weighted by Crippen LogP contribution is 2.35. The summed E-state index contributed by atoms with van der Waals surface area (Å²) in [5, 5.41) is 5.02. The lowest BCUT2D eigenvalue weighted by Crippen LogP contribution is -2.32. The normalized spacial score (nSPS) is 14.0. The number of hydrogen-bond donors (Lipinski definition) is 1. The summed E-state index contributed by atoms with van der Waals surface area (Å²) >= 11 is 1.43. The zero-order valence-corrected chi connectivity index (χ0v) is 15.3. The SMILES string of the molecule is COc1ccc(N2C(=O)C(Nc3ccccc3)=C(c3cccs3)C2=O)cc1. The van der Waals surface area contributed by atoms with Gasteiger partial charge in [0.25, 0.3) is 11.8 Å². The van der Waals surface area contributed by atoms with Crippen LogP contribution in [0.3, 0.4) is 0 Å². The van der Waals surface area contributed by atoms with Crippen LogP contribution in [-0.4, -0.2) is 18.9 Å². The number of nitrogens with one attached hydrogen (secondary N) is 1. The van der Waals surface area contributed by atoms with E-state index in [0.717, 1.165) is 10.6 Å². The maximum absolute atomic E-state index is 13.2. The third-order valence-corrected chi connectivity index (χ3v) is 5.11. The molecule has 6 heteroatoms. The predicted molar refractivity (Wildman–Crippen MR) is 107 cm³/mol. The van der Waals surface area contributed by atoms with E-state index in [9.17, 15) is 9.59 Å². The van der Waals surface area contributed by atoms with Gasteiger partial charge in [-0.3, -0.25) is 9.59 Å². The van der Waals surface area contributed by atoms with Gasteiger partial charge in [0.1, 0.15) is 11.4 Å². The third kappa shape index (κ3) is 3.11. The first-order valence-corrected chi connectivity index (χ1v) is 9.20. The van der Waals surface area contributed by atoms with E-state index in [1.165, 1.54) is 16.2 Å². The van der Waals surface area contributed by atoms with Crippen LogP contribution in [0.2, 0.25) is 0 Å². The first kappa shape index (κ1) is 17.1. The molecule has 2 aromatic carbocycles.